The summed E-state index contributed by atoms with van der Waals surface area (Å²) in [5, 5.41) is 2.18. The number of anilines is 2. The molecule has 0 saturated carbocycles. The zero-order valence-electron chi connectivity index (χ0n) is 17.5. The number of benzene rings is 3. The van der Waals surface area contributed by atoms with E-state index < -0.39 is 40.1 Å². The van der Waals surface area contributed by atoms with Gasteiger partial charge in [-0.3, -0.25) is 9.52 Å². The largest absolute Gasteiger partial charge is 0.497 e. The molecule has 3 aromatic rings. The molecule has 0 aliphatic carbocycles. The fourth-order valence-corrected chi connectivity index (χ4v) is 3.81. The first kappa shape index (κ1) is 24.8. The van der Waals surface area contributed by atoms with Crippen molar-refractivity contribution in [2.45, 2.75) is 11.1 Å². The molecule has 3 rings (SSSR count). The van der Waals surface area contributed by atoms with Gasteiger partial charge in [0, 0.05) is 11.4 Å². The highest BCUT2D eigenvalue weighted by Crippen LogP contribution is 2.33. The molecular formula is C22H18F4N2O5S. The Morgan fingerprint density at radius 2 is 1.50 bits per heavy atom. The van der Waals surface area contributed by atoms with E-state index in [1.807, 2.05) is 0 Å². The van der Waals surface area contributed by atoms with Crippen LogP contribution in [0.2, 0.25) is 0 Å². The van der Waals surface area contributed by atoms with Crippen molar-refractivity contribution in [3.63, 3.8) is 0 Å². The van der Waals surface area contributed by atoms with Crippen molar-refractivity contribution < 1.29 is 40.2 Å². The van der Waals surface area contributed by atoms with Crippen LogP contribution in [0.1, 0.15) is 5.56 Å². The van der Waals surface area contributed by atoms with E-state index in [0.717, 1.165) is 6.07 Å². The molecule has 0 unspecified atom stereocenters. The van der Waals surface area contributed by atoms with E-state index in [-0.39, 0.29) is 16.3 Å². The fraction of sp³-hybridized carbons (Fsp3) is 0.136. The maximum absolute atomic E-state index is 13.3. The number of sulfonamides is 1. The van der Waals surface area contributed by atoms with Crippen molar-refractivity contribution >= 4 is 27.3 Å². The number of carbonyl (C=O) groups excluding carboxylic acids is 1. The monoisotopic (exact) mass is 498 g/mol. The number of hydrogen-bond acceptors (Lipinski definition) is 5. The van der Waals surface area contributed by atoms with Crippen LogP contribution >= 0.6 is 0 Å². The van der Waals surface area contributed by atoms with Crippen molar-refractivity contribution in [1.29, 1.82) is 0 Å². The first-order valence-corrected chi connectivity index (χ1v) is 11.0. The Morgan fingerprint density at radius 1 is 0.912 bits per heavy atom. The molecule has 34 heavy (non-hydrogen) atoms. The molecule has 7 nitrogen and oxygen atoms in total. The summed E-state index contributed by atoms with van der Waals surface area (Å²) in [6.07, 6.45) is -4.91. The molecule has 0 atom stereocenters. The van der Waals surface area contributed by atoms with Crippen molar-refractivity contribution in [1.82, 2.24) is 0 Å². The first-order valence-electron chi connectivity index (χ1n) is 9.54. The molecule has 0 fully saturated rings. The van der Waals surface area contributed by atoms with Crippen molar-refractivity contribution in [3.05, 3.63) is 78.1 Å². The van der Waals surface area contributed by atoms with Crippen molar-refractivity contribution in [2.75, 3.05) is 23.8 Å². The zero-order chi connectivity index (χ0) is 24.9. The number of hydrogen-bond donors (Lipinski definition) is 2. The summed E-state index contributed by atoms with van der Waals surface area (Å²) in [6.45, 7) is -0.574. The van der Waals surface area contributed by atoms with E-state index in [2.05, 4.69) is 10.0 Å². The van der Waals surface area contributed by atoms with Gasteiger partial charge < -0.3 is 14.8 Å². The van der Waals surface area contributed by atoms with Gasteiger partial charge in [0.25, 0.3) is 15.9 Å². The lowest BCUT2D eigenvalue weighted by atomic mass is 10.2. The number of rotatable bonds is 8. The second-order valence-corrected chi connectivity index (χ2v) is 8.52. The third kappa shape index (κ3) is 6.38. The van der Waals surface area contributed by atoms with Crippen LogP contribution in [0.15, 0.2) is 71.6 Å². The average molecular weight is 498 g/mol. The van der Waals surface area contributed by atoms with Gasteiger partial charge in [-0.15, -0.1) is 0 Å². The second kappa shape index (κ2) is 10.00. The second-order valence-electron chi connectivity index (χ2n) is 6.83. The molecule has 0 heterocycles. The van der Waals surface area contributed by atoms with Gasteiger partial charge in [-0.2, -0.15) is 13.2 Å². The highest BCUT2D eigenvalue weighted by molar-refractivity contribution is 7.92. The maximum Gasteiger partial charge on any atom is 0.419 e. The molecular weight excluding hydrogens is 480 g/mol. The van der Waals surface area contributed by atoms with E-state index in [9.17, 15) is 30.8 Å². The van der Waals surface area contributed by atoms with E-state index in [1.54, 1.807) is 12.1 Å². The lowest BCUT2D eigenvalue weighted by Gasteiger charge is -2.12. The van der Waals surface area contributed by atoms with Crippen LogP contribution in [0.4, 0.5) is 28.9 Å². The SMILES string of the molecule is COc1ccc(NS(=O)(=O)c2ccc(OCC(=O)Nc3ccc(F)c(C(F)(F)F)c3)cc2)cc1. The minimum absolute atomic E-state index is 0.0638. The Labute approximate surface area is 192 Å². The van der Waals surface area contributed by atoms with E-state index in [1.165, 1.54) is 43.5 Å². The van der Waals surface area contributed by atoms with Gasteiger partial charge in [-0.1, -0.05) is 0 Å². The highest BCUT2D eigenvalue weighted by atomic mass is 32.2. The zero-order valence-corrected chi connectivity index (χ0v) is 18.3. The normalized spacial score (nSPS) is 11.6. The number of ether oxygens (including phenoxy) is 2. The Kier molecular flexibility index (Phi) is 7.30. The van der Waals surface area contributed by atoms with Crippen molar-refractivity contribution in [2.24, 2.45) is 0 Å². The third-order valence-electron chi connectivity index (χ3n) is 4.40. The minimum Gasteiger partial charge on any atom is -0.497 e. The number of halogens is 4. The first-order chi connectivity index (χ1) is 16.0. The van der Waals surface area contributed by atoms with Crippen LogP contribution in [0.5, 0.6) is 11.5 Å². The van der Waals surface area contributed by atoms with Crippen LogP contribution in [-0.4, -0.2) is 28.0 Å². The number of alkyl halides is 3. The van der Waals surface area contributed by atoms with Crippen LogP contribution < -0.4 is 19.5 Å². The van der Waals surface area contributed by atoms with Gasteiger partial charge in [-0.05, 0) is 66.7 Å². The molecule has 0 aromatic heterocycles. The lowest BCUT2D eigenvalue weighted by molar-refractivity contribution is -0.140. The summed E-state index contributed by atoms with van der Waals surface area (Å²) in [7, 11) is -2.40. The average Bonchev–Trinajstić information content (AvgIpc) is 2.79. The Hall–Kier alpha value is -3.80. The van der Waals surface area contributed by atoms with Gasteiger partial charge in [0.1, 0.15) is 17.3 Å². The van der Waals surface area contributed by atoms with Crippen LogP contribution in [0.25, 0.3) is 0 Å². The maximum atomic E-state index is 13.3. The minimum atomic E-state index is -4.91. The summed E-state index contributed by atoms with van der Waals surface area (Å²) in [4.78, 5) is 11.9. The Bertz CT molecular complexity index is 1260. The van der Waals surface area contributed by atoms with Crippen LogP contribution in [-0.2, 0) is 21.0 Å². The Morgan fingerprint density at radius 3 is 2.09 bits per heavy atom. The summed E-state index contributed by atoms with van der Waals surface area (Å²) in [5.74, 6) is -1.54. The van der Waals surface area contributed by atoms with Crippen LogP contribution in [0.3, 0.4) is 0 Å². The molecule has 0 spiro atoms. The lowest BCUT2D eigenvalue weighted by Crippen LogP contribution is -2.21. The van der Waals surface area contributed by atoms with E-state index in [0.29, 0.717) is 23.6 Å². The summed E-state index contributed by atoms with van der Waals surface area (Å²) >= 11 is 0. The van der Waals surface area contributed by atoms with Gasteiger partial charge in [0.2, 0.25) is 0 Å². The van der Waals surface area contributed by atoms with Gasteiger partial charge in [0.05, 0.1) is 17.6 Å². The molecule has 0 saturated heterocycles. The molecule has 0 aliphatic rings. The fourth-order valence-electron chi connectivity index (χ4n) is 2.75. The van der Waals surface area contributed by atoms with Crippen LogP contribution in [0, 0.1) is 5.82 Å². The van der Waals surface area contributed by atoms with Gasteiger partial charge >= 0.3 is 6.18 Å². The van der Waals surface area contributed by atoms with E-state index >= 15 is 0 Å². The summed E-state index contributed by atoms with van der Waals surface area (Å²) in [6, 6.07) is 13.5. The molecule has 0 aliphatic heterocycles. The van der Waals surface area contributed by atoms with Gasteiger partial charge in [-0.25, -0.2) is 12.8 Å². The molecule has 12 heteroatoms. The number of nitrogens with one attached hydrogen (secondary N) is 2. The summed E-state index contributed by atoms with van der Waals surface area (Å²) < 4.78 is 89.3. The topological polar surface area (TPSA) is 93.7 Å². The predicted molar refractivity (Wildman–Crippen MR) is 116 cm³/mol. The quantitative estimate of drug-likeness (QED) is 0.441. The molecule has 180 valence electrons. The van der Waals surface area contributed by atoms with E-state index in [4.69, 9.17) is 9.47 Å². The molecule has 3 aromatic carbocycles. The Balaban J connectivity index is 1.58. The smallest absolute Gasteiger partial charge is 0.419 e. The number of methoxy groups -OCH3 is 1. The molecule has 2 N–H and O–H groups in total. The number of carbonyl (C=O) groups is 1. The highest BCUT2D eigenvalue weighted by Gasteiger charge is 2.34. The third-order valence-corrected chi connectivity index (χ3v) is 5.80. The molecule has 0 bridgehead atoms. The standard InChI is InChI=1S/C22H18F4N2O5S/c1-32-16-5-2-14(3-6-16)28-34(30,31)18-9-7-17(8-10-18)33-13-21(29)27-15-4-11-20(23)19(12-15)22(24,25)26/h2-12,28H,13H2,1H3,(H,27,29). The van der Waals surface area contributed by atoms with Gasteiger partial charge in [0.15, 0.2) is 6.61 Å². The van der Waals surface area contributed by atoms with Crippen molar-refractivity contribution in [3.8, 4) is 11.5 Å². The number of amides is 1. The molecule has 0 radical (unpaired) electrons. The molecule has 1 amide bonds. The summed E-state index contributed by atoms with van der Waals surface area (Å²) in [5.41, 5.74) is -1.44. The predicted octanol–water partition coefficient (Wildman–Crippen LogP) is 4.67.